The summed E-state index contributed by atoms with van der Waals surface area (Å²) in [5.74, 6) is -0.660. The van der Waals surface area contributed by atoms with Gasteiger partial charge in [-0.15, -0.1) is 0 Å². The molecule has 6 nitrogen and oxygen atoms in total. The van der Waals surface area contributed by atoms with E-state index in [-0.39, 0.29) is 18.2 Å². The molecule has 1 N–H and O–H groups in total. The molecule has 0 radical (unpaired) electrons. The van der Waals surface area contributed by atoms with Crippen molar-refractivity contribution in [2.45, 2.75) is 13.8 Å². The van der Waals surface area contributed by atoms with E-state index in [1.165, 1.54) is 12.1 Å². The molecule has 0 bridgehead atoms. The van der Waals surface area contributed by atoms with E-state index >= 15 is 0 Å². The molecule has 0 aromatic heterocycles. The van der Waals surface area contributed by atoms with Crippen LogP contribution in [0.15, 0.2) is 22.7 Å². The minimum absolute atomic E-state index is 0.0320. The minimum atomic E-state index is -0.939. The Morgan fingerprint density at radius 3 is 2.58 bits per heavy atom. The van der Waals surface area contributed by atoms with E-state index in [0.29, 0.717) is 16.7 Å². The number of benzene rings is 1. The van der Waals surface area contributed by atoms with Crippen molar-refractivity contribution in [3.8, 4) is 0 Å². The summed E-state index contributed by atoms with van der Waals surface area (Å²) in [5, 5.41) is 19.6. The molecule has 0 saturated heterocycles. The molecule has 7 heteroatoms. The Balaban J connectivity index is 3.07. The summed E-state index contributed by atoms with van der Waals surface area (Å²) in [4.78, 5) is 22.7. The molecular weight excluding hydrogens is 316 g/mol. The van der Waals surface area contributed by atoms with Crippen LogP contribution in [0.4, 0.5) is 11.4 Å². The number of carbonyl (C=O) groups is 1. The Morgan fingerprint density at radius 1 is 1.53 bits per heavy atom. The number of aliphatic carboxylic acids is 1. The lowest BCUT2D eigenvalue weighted by atomic mass is 10.2. The topological polar surface area (TPSA) is 83.7 Å². The molecule has 1 aromatic carbocycles. The second kappa shape index (κ2) is 6.51. The van der Waals surface area contributed by atoms with Crippen LogP contribution >= 0.6 is 15.9 Å². The van der Waals surface area contributed by atoms with E-state index in [9.17, 15) is 14.9 Å². The number of hydrogen-bond donors (Lipinski definition) is 1. The number of non-ortho nitro benzene ring substituents is 1. The standard InChI is InChI=1S/C12H15BrN2O4/c1-8(2)6-14(7-12(16)17)11-4-3-9(15(18)19)5-10(11)13/h3-5,8H,6-7H2,1-2H3,(H,16,17). The van der Waals surface area contributed by atoms with E-state index in [0.717, 1.165) is 0 Å². The van der Waals surface area contributed by atoms with Gasteiger partial charge in [-0.2, -0.15) is 0 Å². The van der Waals surface area contributed by atoms with Crippen molar-refractivity contribution in [1.82, 2.24) is 0 Å². The van der Waals surface area contributed by atoms with Crippen LogP contribution in [0.5, 0.6) is 0 Å². The second-order valence-electron chi connectivity index (χ2n) is 4.56. The van der Waals surface area contributed by atoms with Gasteiger partial charge in [0.2, 0.25) is 0 Å². The van der Waals surface area contributed by atoms with Crippen LogP contribution in [-0.4, -0.2) is 29.1 Å². The van der Waals surface area contributed by atoms with Gasteiger partial charge in [-0.25, -0.2) is 0 Å². The average Bonchev–Trinajstić information content (AvgIpc) is 2.26. The van der Waals surface area contributed by atoms with Crippen LogP contribution < -0.4 is 4.90 Å². The predicted octanol–water partition coefficient (Wildman–Crippen LogP) is 2.90. The molecule has 0 fully saturated rings. The van der Waals surface area contributed by atoms with Crippen LogP contribution in [0.25, 0.3) is 0 Å². The van der Waals surface area contributed by atoms with Crippen LogP contribution in [0.2, 0.25) is 0 Å². The third-order valence-electron chi connectivity index (χ3n) is 2.39. The van der Waals surface area contributed by atoms with Gasteiger partial charge < -0.3 is 10.0 Å². The van der Waals surface area contributed by atoms with Crippen molar-refractivity contribution in [3.05, 3.63) is 32.8 Å². The fourth-order valence-corrected chi connectivity index (χ4v) is 2.34. The normalized spacial score (nSPS) is 10.5. The lowest BCUT2D eigenvalue weighted by Gasteiger charge is -2.25. The summed E-state index contributed by atoms with van der Waals surface area (Å²) >= 11 is 3.26. The number of hydrogen-bond acceptors (Lipinski definition) is 4. The molecule has 0 atom stereocenters. The van der Waals surface area contributed by atoms with Crippen molar-refractivity contribution >= 4 is 33.3 Å². The first kappa shape index (κ1) is 15.4. The molecule has 0 saturated carbocycles. The predicted molar refractivity (Wildman–Crippen MR) is 75.5 cm³/mol. The fourth-order valence-electron chi connectivity index (χ4n) is 1.72. The van der Waals surface area contributed by atoms with Crippen molar-refractivity contribution in [3.63, 3.8) is 0 Å². The maximum Gasteiger partial charge on any atom is 0.323 e. The molecule has 19 heavy (non-hydrogen) atoms. The molecule has 1 aromatic rings. The SMILES string of the molecule is CC(C)CN(CC(=O)O)c1ccc([N+](=O)[O-])cc1Br. The summed E-state index contributed by atoms with van der Waals surface area (Å²) < 4.78 is 0.517. The summed E-state index contributed by atoms with van der Waals surface area (Å²) in [6.45, 7) is 4.37. The summed E-state index contributed by atoms with van der Waals surface area (Å²) in [5.41, 5.74) is 0.608. The number of nitro groups is 1. The lowest BCUT2D eigenvalue weighted by Crippen LogP contribution is -2.33. The highest BCUT2D eigenvalue weighted by Crippen LogP contribution is 2.30. The number of carboxylic acids is 1. The first-order valence-corrected chi connectivity index (χ1v) is 6.51. The smallest absolute Gasteiger partial charge is 0.323 e. The number of anilines is 1. The third kappa shape index (κ3) is 4.51. The molecule has 0 unspecified atom stereocenters. The quantitative estimate of drug-likeness (QED) is 0.640. The highest BCUT2D eigenvalue weighted by molar-refractivity contribution is 9.10. The molecule has 1 rings (SSSR count). The second-order valence-corrected chi connectivity index (χ2v) is 5.42. The van der Waals surface area contributed by atoms with E-state index in [2.05, 4.69) is 15.9 Å². The van der Waals surface area contributed by atoms with Crippen molar-refractivity contribution < 1.29 is 14.8 Å². The van der Waals surface area contributed by atoms with Gasteiger partial charge >= 0.3 is 5.97 Å². The van der Waals surface area contributed by atoms with Crippen molar-refractivity contribution in [2.24, 2.45) is 5.92 Å². The van der Waals surface area contributed by atoms with Crippen LogP contribution in [-0.2, 0) is 4.79 Å². The van der Waals surface area contributed by atoms with E-state index in [1.807, 2.05) is 13.8 Å². The number of rotatable bonds is 6. The molecule has 0 amide bonds. The van der Waals surface area contributed by atoms with Crippen molar-refractivity contribution in [2.75, 3.05) is 18.0 Å². The number of nitrogens with zero attached hydrogens (tertiary/aromatic N) is 2. The van der Waals surface area contributed by atoms with Gasteiger partial charge in [-0.05, 0) is 27.9 Å². The largest absolute Gasteiger partial charge is 0.480 e. The van der Waals surface area contributed by atoms with Crippen molar-refractivity contribution in [1.29, 1.82) is 0 Å². The van der Waals surface area contributed by atoms with E-state index in [1.54, 1.807) is 11.0 Å². The zero-order chi connectivity index (χ0) is 14.6. The molecule has 104 valence electrons. The van der Waals surface area contributed by atoms with Crippen LogP contribution in [0.3, 0.4) is 0 Å². The van der Waals surface area contributed by atoms with Crippen LogP contribution in [0, 0.1) is 16.0 Å². The highest BCUT2D eigenvalue weighted by atomic mass is 79.9. The zero-order valence-corrected chi connectivity index (χ0v) is 12.3. The van der Waals surface area contributed by atoms with Gasteiger partial charge in [0, 0.05) is 23.2 Å². The average molecular weight is 331 g/mol. The fraction of sp³-hybridized carbons (Fsp3) is 0.417. The van der Waals surface area contributed by atoms with Gasteiger partial charge in [-0.1, -0.05) is 13.8 Å². The third-order valence-corrected chi connectivity index (χ3v) is 3.03. The maximum atomic E-state index is 10.9. The highest BCUT2D eigenvalue weighted by Gasteiger charge is 2.17. The minimum Gasteiger partial charge on any atom is -0.480 e. The van der Waals surface area contributed by atoms with Crippen LogP contribution in [0.1, 0.15) is 13.8 Å². The van der Waals surface area contributed by atoms with Gasteiger partial charge in [0.25, 0.3) is 5.69 Å². The molecule has 0 aliphatic carbocycles. The molecule has 0 heterocycles. The summed E-state index contributed by atoms with van der Waals surface area (Å²) in [6.07, 6.45) is 0. The number of halogens is 1. The van der Waals surface area contributed by atoms with Gasteiger partial charge in [0.1, 0.15) is 6.54 Å². The Morgan fingerprint density at radius 2 is 2.16 bits per heavy atom. The Labute approximate surface area is 119 Å². The molecule has 0 spiro atoms. The molecule has 0 aliphatic heterocycles. The van der Waals surface area contributed by atoms with Gasteiger partial charge in [0.05, 0.1) is 10.6 Å². The lowest BCUT2D eigenvalue weighted by molar-refractivity contribution is -0.384. The number of nitro benzene ring substituents is 1. The molecule has 0 aliphatic rings. The summed E-state index contributed by atoms with van der Waals surface area (Å²) in [6, 6.07) is 4.31. The first-order valence-electron chi connectivity index (χ1n) is 5.72. The van der Waals surface area contributed by atoms with E-state index in [4.69, 9.17) is 5.11 Å². The molecular formula is C12H15BrN2O4. The Hall–Kier alpha value is -1.63. The Bertz CT molecular complexity index is 491. The Kier molecular flexibility index (Phi) is 5.29. The van der Waals surface area contributed by atoms with E-state index < -0.39 is 10.9 Å². The van der Waals surface area contributed by atoms with Gasteiger partial charge in [0.15, 0.2) is 0 Å². The number of carboxylic acid groups (broad SMARTS) is 1. The monoisotopic (exact) mass is 330 g/mol. The first-order chi connectivity index (χ1) is 8.81. The zero-order valence-electron chi connectivity index (χ0n) is 10.7. The maximum absolute atomic E-state index is 10.9. The van der Waals surface area contributed by atoms with Gasteiger partial charge in [-0.3, -0.25) is 14.9 Å². The summed E-state index contributed by atoms with van der Waals surface area (Å²) in [7, 11) is 0.